The number of amides is 2. The summed E-state index contributed by atoms with van der Waals surface area (Å²) in [4.78, 5) is 24.4. The van der Waals surface area contributed by atoms with Gasteiger partial charge in [-0.3, -0.25) is 9.59 Å². The molecule has 0 spiro atoms. The molecule has 1 aromatic rings. The van der Waals surface area contributed by atoms with Crippen LogP contribution in [0.1, 0.15) is 50.4 Å². The quantitative estimate of drug-likeness (QED) is 0.774. The van der Waals surface area contributed by atoms with E-state index in [0.717, 1.165) is 23.0 Å². The summed E-state index contributed by atoms with van der Waals surface area (Å²) in [5.41, 5.74) is 8.73. The van der Waals surface area contributed by atoms with Gasteiger partial charge in [0.1, 0.15) is 0 Å². The highest BCUT2D eigenvalue weighted by Crippen LogP contribution is 2.70. The Hall–Kier alpha value is -1.69. The van der Waals surface area contributed by atoms with Crippen molar-refractivity contribution in [3.63, 3.8) is 0 Å². The average molecular weight is 392 g/mol. The van der Waals surface area contributed by atoms with Gasteiger partial charge in [-0.15, -0.1) is 0 Å². The van der Waals surface area contributed by atoms with Gasteiger partial charge in [-0.1, -0.05) is 36.7 Å². The summed E-state index contributed by atoms with van der Waals surface area (Å²) in [5, 5.41) is 4.40. The third-order valence-corrected chi connectivity index (χ3v) is 7.13. The zero-order chi connectivity index (χ0) is 17.8. The lowest BCUT2D eigenvalue weighted by Crippen LogP contribution is -2.44. The lowest BCUT2D eigenvalue weighted by atomic mass is 9.64. The zero-order valence-corrected chi connectivity index (χ0v) is 15.7. The van der Waals surface area contributed by atoms with Gasteiger partial charge in [-0.2, -0.15) is 5.10 Å². The summed E-state index contributed by atoms with van der Waals surface area (Å²) in [7, 11) is 0. The van der Waals surface area contributed by atoms with Gasteiger partial charge in [0.05, 0.1) is 5.41 Å². The molecule has 3 rings (SSSR count). The fourth-order valence-corrected chi connectivity index (χ4v) is 4.64. The minimum absolute atomic E-state index is 0.227. The Morgan fingerprint density at radius 2 is 1.79 bits per heavy atom. The molecule has 0 aromatic heterocycles. The largest absolute Gasteiger partial charge is 0.369 e. The summed E-state index contributed by atoms with van der Waals surface area (Å²) in [5.74, 6) is -0.520. The van der Waals surface area contributed by atoms with Crippen molar-refractivity contribution in [3.8, 4) is 0 Å². The predicted molar refractivity (Wildman–Crippen MR) is 96.4 cm³/mol. The standard InChI is InChI=1S/C18H22BrN3O2/c1-16(2)17(3)8-9-18(16,15(20)24)10-13(17)21-22-14(23)11-4-6-12(19)7-5-11/h4-7H,8-10H2,1-3H3,(H2,20,24)(H,22,23). The number of benzene rings is 1. The minimum Gasteiger partial charge on any atom is -0.369 e. The number of nitrogens with one attached hydrogen (secondary N) is 1. The van der Waals surface area contributed by atoms with Gasteiger partial charge in [0.15, 0.2) is 0 Å². The SMILES string of the molecule is CC12CCC(C(N)=O)(CC1=NNC(=O)c1ccc(Br)cc1)C2(C)C. The van der Waals surface area contributed by atoms with E-state index in [0.29, 0.717) is 12.0 Å². The van der Waals surface area contributed by atoms with Crippen LogP contribution in [0.15, 0.2) is 33.8 Å². The third kappa shape index (κ3) is 2.15. The van der Waals surface area contributed by atoms with Gasteiger partial charge >= 0.3 is 0 Å². The van der Waals surface area contributed by atoms with Crippen molar-refractivity contribution in [1.29, 1.82) is 0 Å². The molecule has 0 radical (unpaired) electrons. The summed E-state index contributed by atoms with van der Waals surface area (Å²) < 4.78 is 0.913. The van der Waals surface area contributed by atoms with Crippen LogP contribution in [-0.4, -0.2) is 17.5 Å². The molecular weight excluding hydrogens is 370 g/mol. The van der Waals surface area contributed by atoms with E-state index in [2.05, 4.69) is 47.2 Å². The van der Waals surface area contributed by atoms with E-state index < -0.39 is 5.41 Å². The zero-order valence-electron chi connectivity index (χ0n) is 14.1. The number of halogens is 1. The number of nitrogens with zero attached hydrogens (tertiary/aromatic N) is 1. The van der Waals surface area contributed by atoms with E-state index in [1.165, 1.54) is 0 Å². The van der Waals surface area contributed by atoms with Crippen molar-refractivity contribution in [1.82, 2.24) is 5.43 Å². The second kappa shape index (κ2) is 5.41. The van der Waals surface area contributed by atoms with E-state index in [1.54, 1.807) is 12.1 Å². The van der Waals surface area contributed by atoms with Crippen LogP contribution < -0.4 is 11.2 Å². The maximum absolute atomic E-state index is 12.3. The Balaban J connectivity index is 1.86. The molecule has 1 aromatic carbocycles. The maximum Gasteiger partial charge on any atom is 0.271 e. The van der Waals surface area contributed by atoms with Gasteiger partial charge in [-0.25, -0.2) is 5.43 Å². The number of fused-ring (bicyclic) bond motifs is 2. The first-order chi connectivity index (χ1) is 11.1. The number of primary amides is 1. The summed E-state index contributed by atoms with van der Waals surface area (Å²) in [6.45, 7) is 6.29. The van der Waals surface area contributed by atoms with Crippen molar-refractivity contribution >= 4 is 33.5 Å². The second-order valence-electron chi connectivity index (χ2n) is 7.59. The molecule has 6 heteroatoms. The smallest absolute Gasteiger partial charge is 0.271 e. The van der Waals surface area contributed by atoms with Crippen molar-refractivity contribution in [3.05, 3.63) is 34.3 Å². The molecule has 2 fully saturated rings. The van der Waals surface area contributed by atoms with E-state index in [-0.39, 0.29) is 22.6 Å². The Morgan fingerprint density at radius 1 is 1.17 bits per heavy atom. The summed E-state index contributed by atoms with van der Waals surface area (Å²) in [6.07, 6.45) is 2.16. The van der Waals surface area contributed by atoms with Crippen LogP contribution in [0.3, 0.4) is 0 Å². The molecule has 2 saturated carbocycles. The Morgan fingerprint density at radius 3 is 2.33 bits per heavy atom. The molecular formula is C18H22BrN3O2. The number of hydrogen-bond donors (Lipinski definition) is 2. The predicted octanol–water partition coefficient (Wildman–Crippen LogP) is 3.24. The van der Waals surface area contributed by atoms with Crippen LogP contribution in [0, 0.1) is 16.2 Å². The van der Waals surface area contributed by atoms with E-state index in [4.69, 9.17) is 5.73 Å². The normalized spacial score (nSPS) is 32.1. The highest BCUT2D eigenvalue weighted by atomic mass is 79.9. The number of rotatable bonds is 3. The third-order valence-electron chi connectivity index (χ3n) is 6.60. The van der Waals surface area contributed by atoms with E-state index in [1.807, 2.05) is 12.1 Å². The molecule has 2 aliphatic carbocycles. The first-order valence-corrected chi connectivity index (χ1v) is 8.86. The first kappa shape index (κ1) is 17.1. The minimum atomic E-state index is -0.567. The van der Waals surface area contributed by atoms with Gasteiger partial charge < -0.3 is 5.73 Å². The van der Waals surface area contributed by atoms with Crippen molar-refractivity contribution < 1.29 is 9.59 Å². The lowest BCUT2D eigenvalue weighted by molar-refractivity contribution is -0.132. The monoisotopic (exact) mass is 391 g/mol. The molecule has 0 aliphatic heterocycles. The van der Waals surface area contributed by atoms with E-state index >= 15 is 0 Å². The molecule has 128 valence electrons. The summed E-state index contributed by atoms with van der Waals surface area (Å²) >= 11 is 3.35. The maximum atomic E-state index is 12.3. The highest BCUT2D eigenvalue weighted by molar-refractivity contribution is 9.10. The molecule has 0 saturated heterocycles. The molecule has 3 N–H and O–H groups in total. The Kier molecular flexibility index (Phi) is 3.86. The molecule has 2 aliphatic rings. The average Bonchev–Trinajstić information content (AvgIpc) is 2.83. The van der Waals surface area contributed by atoms with Crippen LogP contribution in [0.5, 0.6) is 0 Å². The van der Waals surface area contributed by atoms with Gasteiger partial charge in [0.2, 0.25) is 5.91 Å². The molecule has 2 unspecified atom stereocenters. The van der Waals surface area contributed by atoms with Crippen LogP contribution in [0.25, 0.3) is 0 Å². The summed E-state index contributed by atoms with van der Waals surface area (Å²) in [6, 6.07) is 7.09. The van der Waals surface area contributed by atoms with Gasteiger partial charge in [-0.05, 0) is 42.5 Å². The number of hydrogen-bond acceptors (Lipinski definition) is 3. The van der Waals surface area contributed by atoms with Crippen LogP contribution in [-0.2, 0) is 4.79 Å². The fraction of sp³-hybridized carbons (Fsp3) is 0.500. The van der Waals surface area contributed by atoms with Gasteiger partial charge in [0.25, 0.3) is 5.91 Å². The molecule has 24 heavy (non-hydrogen) atoms. The topological polar surface area (TPSA) is 84.6 Å². The molecule has 2 atom stereocenters. The molecule has 0 heterocycles. The first-order valence-electron chi connectivity index (χ1n) is 8.07. The van der Waals surface area contributed by atoms with Crippen LogP contribution >= 0.6 is 15.9 Å². The number of carbonyl (C=O) groups is 2. The molecule has 5 nitrogen and oxygen atoms in total. The number of hydrazone groups is 1. The second-order valence-corrected chi connectivity index (χ2v) is 8.50. The van der Waals surface area contributed by atoms with Gasteiger partial charge in [0, 0.05) is 27.6 Å². The van der Waals surface area contributed by atoms with Crippen molar-refractivity contribution in [2.24, 2.45) is 27.1 Å². The molecule has 2 amide bonds. The Labute approximate surface area is 150 Å². The van der Waals surface area contributed by atoms with Crippen LogP contribution in [0.4, 0.5) is 0 Å². The van der Waals surface area contributed by atoms with Crippen molar-refractivity contribution in [2.45, 2.75) is 40.0 Å². The lowest BCUT2D eigenvalue weighted by Gasteiger charge is -2.38. The van der Waals surface area contributed by atoms with Crippen molar-refractivity contribution in [2.75, 3.05) is 0 Å². The number of nitrogens with two attached hydrogens (primary N) is 1. The Bertz CT molecular complexity index is 741. The van der Waals surface area contributed by atoms with Crippen LogP contribution in [0.2, 0.25) is 0 Å². The molecule has 2 bridgehead atoms. The highest BCUT2D eigenvalue weighted by Gasteiger charge is 2.71. The van der Waals surface area contributed by atoms with E-state index in [9.17, 15) is 9.59 Å². The fourth-order valence-electron chi connectivity index (χ4n) is 4.38. The number of carbonyl (C=O) groups excluding carboxylic acids is 2.